The summed E-state index contributed by atoms with van der Waals surface area (Å²) in [6, 6.07) is 13.9. The smallest absolute Gasteiger partial charge is 0.0976 e. The number of benzene rings is 1. The molecule has 6 fully saturated rings. The molecule has 0 saturated heterocycles. The van der Waals surface area contributed by atoms with Gasteiger partial charge in [0.05, 0.1) is 8.07 Å². The monoisotopic (exact) mass is 500 g/mol. The highest BCUT2D eigenvalue weighted by Crippen LogP contribution is 2.70. The summed E-state index contributed by atoms with van der Waals surface area (Å²) in [5.74, 6) is 8.46. The van der Waals surface area contributed by atoms with Crippen LogP contribution in [0.4, 0.5) is 0 Å². The first-order chi connectivity index (χ1) is 17.8. The predicted octanol–water partition coefficient (Wildman–Crippen LogP) is 9.52. The van der Waals surface area contributed by atoms with Crippen LogP contribution in [0.15, 0.2) is 43.0 Å². The van der Waals surface area contributed by atoms with E-state index >= 15 is 0 Å². The van der Waals surface area contributed by atoms with Crippen molar-refractivity contribution in [1.82, 2.24) is 0 Å². The third-order valence-electron chi connectivity index (χ3n) is 13.4. The number of rotatable bonds is 5. The van der Waals surface area contributed by atoms with E-state index in [0.29, 0.717) is 0 Å². The van der Waals surface area contributed by atoms with E-state index in [1.165, 1.54) is 57.4 Å². The van der Waals surface area contributed by atoms with Gasteiger partial charge >= 0.3 is 0 Å². The van der Waals surface area contributed by atoms with Crippen molar-refractivity contribution in [2.45, 2.75) is 120 Å². The minimum Gasteiger partial charge on any atom is -0.103 e. The lowest BCUT2D eigenvalue weighted by molar-refractivity contribution is 0.184. The molecule has 0 bridgehead atoms. The highest BCUT2D eigenvalue weighted by molar-refractivity contribution is 6.94. The molecule has 1 heteroatoms. The Morgan fingerprint density at radius 2 is 0.861 bits per heavy atom. The summed E-state index contributed by atoms with van der Waals surface area (Å²) >= 11 is 0. The fourth-order valence-corrected chi connectivity index (χ4v) is 20.8. The Morgan fingerprint density at radius 3 is 1.19 bits per heavy atom. The second-order valence-electron chi connectivity index (χ2n) is 14.4. The van der Waals surface area contributed by atoms with E-state index in [-0.39, 0.29) is 0 Å². The van der Waals surface area contributed by atoms with Crippen molar-refractivity contribution in [2.24, 2.45) is 47.3 Å². The summed E-state index contributed by atoms with van der Waals surface area (Å²) in [6.07, 6.45) is 27.2. The zero-order chi connectivity index (χ0) is 24.1. The molecule has 8 atom stereocenters. The Labute approximate surface area is 223 Å². The van der Waals surface area contributed by atoms with Gasteiger partial charge in [0, 0.05) is 0 Å². The van der Waals surface area contributed by atoms with Gasteiger partial charge in [-0.3, -0.25) is 0 Å². The molecule has 7 rings (SSSR count). The van der Waals surface area contributed by atoms with E-state index < -0.39 is 8.07 Å². The van der Waals surface area contributed by atoms with Gasteiger partial charge in [-0.15, -0.1) is 6.58 Å². The molecule has 0 spiro atoms. The van der Waals surface area contributed by atoms with Gasteiger partial charge in [0.2, 0.25) is 0 Å². The summed E-state index contributed by atoms with van der Waals surface area (Å²) in [4.78, 5) is 0. The molecule has 0 N–H and O–H groups in total. The van der Waals surface area contributed by atoms with Crippen LogP contribution in [0.3, 0.4) is 0 Å². The van der Waals surface area contributed by atoms with Crippen LogP contribution in [0.5, 0.6) is 0 Å². The van der Waals surface area contributed by atoms with Crippen LogP contribution < -0.4 is 5.19 Å². The quantitative estimate of drug-likeness (QED) is 0.279. The Bertz CT molecular complexity index is 812. The Morgan fingerprint density at radius 1 is 0.528 bits per heavy atom. The molecule has 0 heterocycles. The van der Waals surface area contributed by atoms with E-state index in [2.05, 4.69) is 43.0 Å². The molecule has 1 aromatic rings. The summed E-state index contributed by atoms with van der Waals surface area (Å²) in [7, 11) is -1.86. The van der Waals surface area contributed by atoms with E-state index in [1.54, 1.807) is 51.4 Å². The van der Waals surface area contributed by atoms with Gasteiger partial charge in [0.15, 0.2) is 0 Å². The van der Waals surface area contributed by atoms with Gasteiger partial charge in [-0.2, -0.15) is 0 Å². The summed E-state index contributed by atoms with van der Waals surface area (Å²) in [5.41, 5.74) is 2.09. The van der Waals surface area contributed by atoms with Gasteiger partial charge in [-0.05, 0) is 90.2 Å². The van der Waals surface area contributed by atoms with Crippen molar-refractivity contribution >= 4 is 13.3 Å². The summed E-state index contributed by atoms with van der Waals surface area (Å²) in [6.45, 7) is 4.56. The zero-order valence-electron chi connectivity index (χ0n) is 23.0. The van der Waals surface area contributed by atoms with Crippen molar-refractivity contribution in [1.29, 1.82) is 0 Å². The molecule has 196 valence electrons. The van der Waals surface area contributed by atoms with Crippen molar-refractivity contribution < 1.29 is 0 Å². The molecule has 0 radical (unpaired) electrons. The van der Waals surface area contributed by atoms with Crippen LogP contribution in [-0.4, -0.2) is 8.07 Å². The van der Waals surface area contributed by atoms with Crippen LogP contribution in [0.2, 0.25) is 17.1 Å². The number of hydrogen-bond donors (Lipinski definition) is 0. The minimum atomic E-state index is -1.86. The summed E-state index contributed by atoms with van der Waals surface area (Å²) < 4.78 is 0. The van der Waals surface area contributed by atoms with E-state index in [1.807, 2.05) is 5.19 Å². The van der Waals surface area contributed by atoms with Crippen molar-refractivity contribution in [2.75, 3.05) is 0 Å². The Hall–Kier alpha value is -0.823. The Balaban J connectivity index is 1.43. The fraction of sp³-hybridized carbons (Fsp3) is 0.771. The Kier molecular flexibility index (Phi) is 6.77. The van der Waals surface area contributed by atoms with Gasteiger partial charge in [0.25, 0.3) is 0 Å². The van der Waals surface area contributed by atoms with E-state index in [0.717, 1.165) is 58.4 Å². The molecular formula is C35H52Si. The number of allylic oxidation sites excluding steroid dienone is 1. The van der Waals surface area contributed by atoms with Crippen LogP contribution in [0, 0.1) is 47.3 Å². The average Bonchev–Trinajstić information content (AvgIpc) is 3.46. The first kappa shape index (κ1) is 24.2. The molecule has 8 unspecified atom stereocenters. The number of fused-ring (bicyclic) bond motifs is 6. The largest absolute Gasteiger partial charge is 0.103 e. The second-order valence-corrected chi connectivity index (χ2v) is 18.8. The van der Waals surface area contributed by atoms with Gasteiger partial charge in [-0.25, -0.2) is 0 Å². The normalized spacial score (nSPS) is 45.6. The van der Waals surface area contributed by atoms with Gasteiger partial charge in [-0.1, -0.05) is 119 Å². The lowest BCUT2D eigenvalue weighted by atomic mass is 9.73. The van der Waals surface area contributed by atoms with Crippen molar-refractivity contribution in [3.8, 4) is 0 Å². The third-order valence-corrected chi connectivity index (χ3v) is 19.9. The van der Waals surface area contributed by atoms with Crippen LogP contribution in [0.1, 0.15) is 103 Å². The standard InChI is InChI=1S/C35H52Si/c1-2-24-36(25-14-4-3-5-15-25,34-30-20-10-6-16-26(30)27-17-7-11-21-31(27)34)35-32-22-12-8-18-28(32)29-19-9-13-23-33(29)35/h2-5,14-15,26-35H,1,6-13,16-24H2. The maximum absolute atomic E-state index is 4.56. The predicted molar refractivity (Wildman–Crippen MR) is 156 cm³/mol. The van der Waals surface area contributed by atoms with Gasteiger partial charge < -0.3 is 0 Å². The van der Waals surface area contributed by atoms with Crippen LogP contribution >= 0.6 is 0 Å². The van der Waals surface area contributed by atoms with Gasteiger partial charge in [0.1, 0.15) is 0 Å². The highest BCUT2D eigenvalue weighted by atomic mass is 28.3. The lowest BCUT2D eigenvalue weighted by Crippen LogP contribution is -2.60. The molecule has 36 heavy (non-hydrogen) atoms. The molecule has 0 nitrogen and oxygen atoms in total. The first-order valence-electron chi connectivity index (χ1n) is 16.5. The second kappa shape index (κ2) is 10.1. The lowest BCUT2D eigenvalue weighted by Gasteiger charge is -2.53. The molecule has 1 aromatic carbocycles. The maximum Gasteiger partial charge on any atom is 0.0976 e. The molecule has 6 aliphatic carbocycles. The molecule has 0 amide bonds. The molecule has 6 saturated carbocycles. The summed E-state index contributed by atoms with van der Waals surface area (Å²) in [5, 5.41) is 1.88. The topological polar surface area (TPSA) is 0 Å². The molecular weight excluding hydrogens is 448 g/mol. The van der Waals surface area contributed by atoms with Crippen molar-refractivity contribution in [3.63, 3.8) is 0 Å². The number of hydrogen-bond acceptors (Lipinski definition) is 0. The molecule has 0 aromatic heterocycles. The SMILES string of the molecule is C=CC[Si](c1ccccc1)(C1C2CCCCC2C2CCCCC21)C1C2CCCCC2C2CCCCC21. The minimum absolute atomic E-state index is 1.04. The highest BCUT2D eigenvalue weighted by Gasteiger charge is 2.66. The van der Waals surface area contributed by atoms with Crippen LogP contribution in [0.25, 0.3) is 0 Å². The fourth-order valence-electron chi connectivity index (χ4n) is 12.8. The third kappa shape index (κ3) is 3.64. The van der Waals surface area contributed by atoms with Crippen LogP contribution in [-0.2, 0) is 0 Å². The van der Waals surface area contributed by atoms with Crippen molar-refractivity contribution in [3.05, 3.63) is 43.0 Å². The average molecular weight is 501 g/mol. The van der Waals surface area contributed by atoms with E-state index in [4.69, 9.17) is 0 Å². The zero-order valence-corrected chi connectivity index (χ0v) is 24.0. The molecule has 0 aliphatic heterocycles. The maximum atomic E-state index is 4.56. The molecule has 6 aliphatic rings. The first-order valence-corrected chi connectivity index (χ1v) is 18.9. The van der Waals surface area contributed by atoms with E-state index in [9.17, 15) is 0 Å².